The Morgan fingerprint density at radius 1 is 1.53 bits per heavy atom. The van der Waals surface area contributed by atoms with Crippen LogP contribution in [0.5, 0.6) is 0 Å². The molecule has 0 aliphatic heterocycles. The van der Waals surface area contributed by atoms with Crippen molar-refractivity contribution < 1.29 is 4.42 Å². The van der Waals surface area contributed by atoms with Crippen LogP contribution in [0.15, 0.2) is 39.5 Å². The number of aromatic nitrogens is 1. The summed E-state index contributed by atoms with van der Waals surface area (Å²) in [5.74, 6) is 1.78. The van der Waals surface area contributed by atoms with Gasteiger partial charge in [-0.2, -0.15) is 0 Å². The summed E-state index contributed by atoms with van der Waals surface area (Å²) >= 11 is 3.39. The van der Waals surface area contributed by atoms with E-state index in [2.05, 4.69) is 20.9 Å². The fourth-order valence-corrected chi connectivity index (χ4v) is 2.06. The van der Waals surface area contributed by atoms with Gasteiger partial charge in [-0.1, -0.05) is 0 Å². The molecule has 0 unspecified atom stereocenters. The lowest BCUT2D eigenvalue weighted by atomic mass is 10.2. The zero-order valence-electron chi connectivity index (χ0n) is 9.56. The third-order valence-corrected chi connectivity index (χ3v) is 2.90. The van der Waals surface area contributed by atoms with Gasteiger partial charge in [0, 0.05) is 29.8 Å². The minimum Gasteiger partial charge on any atom is -0.467 e. The van der Waals surface area contributed by atoms with Crippen LogP contribution >= 0.6 is 15.9 Å². The molecule has 0 atom stereocenters. The molecule has 0 aliphatic carbocycles. The molecule has 0 saturated carbocycles. The first-order valence-electron chi connectivity index (χ1n) is 5.28. The number of halogens is 1. The summed E-state index contributed by atoms with van der Waals surface area (Å²) in [6.07, 6.45) is 3.44. The zero-order valence-corrected chi connectivity index (χ0v) is 11.1. The third-order valence-electron chi connectivity index (χ3n) is 2.46. The first kappa shape index (κ1) is 12.1. The Bertz CT molecular complexity index is 485. The number of rotatable bonds is 4. The van der Waals surface area contributed by atoms with Crippen molar-refractivity contribution in [2.75, 3.05) is 11.9 Å². The van der Waals surface area contributed by atoms with Gasteiger partial charge >= 0.3 is 0 Å². The number of nitrogens with zero attached hydrogens (tertiary/aromatic N) is 2. The Labute approximate surface area is 109 Å². The van der Waals surface area contributed by atoms with E-state index in [9.17, 15) is 0 Å². The molecule has 0 aliphatic rings. The second-order valence-electron chi connectivity index (χ2n) is 3.78. The molecule has 2 rings (SSSR count). The predicted octanol–water partition coefficient (Wildman–Crippen LogP) is 2.53. The molecule has 2 aromatic rings. The molecule has 0 spiro atoms. The number of nitrogens with two attached hydrogens (primary N) is 1. The van der Waals surface area contributed by atoms with Gasteiger partial charge in [-0.15, -0.1) is 0 Å². The largest absolute Gasteiger partial charge is 0.467 e. The van der Waals surface area contributed by atoms with Gasteiger partial charge in [0.15, 0.2) is 0 Å². The quantitative estimate of drug-likeness (QED) is 0.942. The fourth-order valence-electron chi connectivity index (χ4n) is 1.68. The van der Waals surface area contributed by atoms with E-state index in [4.69, 9.17) is 10.2 Å². The highest BCUT2D eigenvalue weighted by atomic mass is 79.9. The Hall–Kier alpha value is -1.33. The first-order valence-corrected chi connectivity index (χ1v) is 6.08. The fraction of sp³-hybridized carbons (Fsp3) is 0.250. The summed E-state index contributed by atoms with van der Waals surface area (Å²) in [6, 6.07) is 5.81. The lowest BCUT2D eigenvalue weighted by molar-refractivity contribution is 0.506. The Morgan fingerprint density at radius 3 is 3.00 bits per heavy atom. The van der Waals surface area contributed by atoms with Crippen LogP contribution in [0.1, 0.15) is 11.3 Å². The summed E-state index contributed by atoms with van der Waals surface area (Å²) in [5, 5.41) is 0. The summed E-state index contributed by atoms with van der Waals surface area (Å²) in [6.45, 7) is 1.14. The molecular weight excluding hydrogens is 282 g/mol. The van der Waals surface area contributed by atoms with E-state index in [1.54, 1.807) is 12.5 Å². The van der Waals surface area contributed by atoms with E-state index in [1.807, 2.05) is 30.1 Å². The van der Waals surface area contributed by atoms with Crippen molar-refractivity contribution in [3.05, 3.63) is 46.5 Å². The summed E-state index contributed by atoms with van der Waals surface area (Å²) < 4.78 is 6.25. The number of pyridine rings is 1. The molecule has 0 aromatic carbocycles. The van der Waals surface area contributed by atoms with Crippen molar-refractivity contribution in [3.63, 3.8) is 0 Å². The molecule has 0 saturated heterocycles. The second kappa shape index (κ2) is 5.33. The van der Waals surface area contributed by atoms with Gasteiger partial charge < -0.3 is 15.1 Å². The standard InChI is InChI=1S/C12H14BrN3O/c1-16(8-11-3-2-4-17-11)12-9(6-14)5-10(13)7-15-12/h2-5,7H,6,8,14H2,1H3. The first-order chi connectivity index (χ1) is 8.20. The van der Waals surface area contributed by atoms with E-state index in [1.165, 1.54) is 0 Å². The van der Waals surface area contributed by atoms with Crippen LogP contribution in [0.25, 0.3) is 0 Å². The Morgan fingerprint density at radius 2 is 2.35 bits per heavy atom. The molecule has 17 heavy (non-hydrogen) atoms. The molecule has 2 heterocycles. The molecule has 0 amide bonds. The Balaban J connectivity index is 2.21. The smallest absolute Gasteiger partial charge is 0.133 e. The maximum absolute atomic E-state index is 5.72. The van der Waals surface area contributed by atoms with Crippen LogP contribution in [0, 0.1) is 0 Å². The number of hydrogen-bond donors (Lipinski definition) is 1. The zero-order chi connectivity index (χ0) is 12.3. The third kappa shape index (κ3) is 2.87. The van der Waals surface area contributed by atoms with E-state index in [-0.39, 0.29) is 0 Å². The van der Waals surface area contributed by atoms with Crippen LogP contribution in [-0.4, -0.2) is 12.0 Å². The highest BCUT2D eigenvalue weighted by Gasteiger charge is 2.10. The molecule has 0 radical (unpaired) electrons. The molecular formula is C12H14BrN3O. The molecule has 0 bridgehead atoms. The number of hydrogen-bond acceptors (Lipinski definition) is 4. The molecule has 2 N–H and O–H groups in total. The van der Waals surface area contributed by atoms with Crippen LogP contribution in [0.4, 0.5) is 5.82 Å². The molecule has 90 valence electrons. The number of furan rings is 1. The normalized spacial score (nSPS) is 10.5. The van der Waals surface area contributed by atoms with Crippen molar-refractivity contribution in [1.29, 1.82) is 0 Å². The van der Waals surface area contributed by atoms with Crippen molar-refractivity contribution in [2.24, 2.45) is 5.73 Å². The molecule has 0 fully saturated rings. The maximum Gasteiger partial charge on any atom is 0.133 e. The van der Waals surface area contributed by atoms with Crippen LogP contribution in [-0.2, 0) is 13.1 Å². The highest BCUT2D eigenvalue weighted by molar-refractivity contribution is 9.10. The second-order valence-corrected chi connectivity index (χ2v) is 4.69. The average Bonchev–Trinajstić information content (AvgIpc) is 2.81. The predicted molar refractivity (Wildman–Crippen MR) is 70.6 cm³/mol. The van der Waals surface area contributed by atoms with Crippen molar-refractivity contribution in [1.82, 2.24) is 4.98 Å². The maximum atomic E-state index is 5.72. The van der Waals surface area contributed by atoms with E-state index in [0.717, 1.165) is 21.6 Å². The van der Waals surface area contributed by atoms with Gasteiger partial charge in [0.25, 0.3) is 0 Å². The number of anilines is 1. The monoisotopic (exact) mass is 295 g/mol. The van der Waals surface area contributed by atoms with Crippen LogP contribution < -0.4 is 10.6 Å². The van der Waals surface area contributed by atoms with Crippen molar-refractivity contribution >= 4 is 21.7 Å². The van der Waals surface area contributed by atoms with Crippen LogP contribution in [0.2, 0.25) is 0 Å². The van der Waals surface area contributed by atoms with Gasteiger partial charge in [0.2, 0.25) is 0 Å². The van der Waals surface area contributed by atoms with E-state index < -0.39 is 0 Å². The van der Waals surface area contributed by atoms with Gasteiger partial charge in [-0.3, -0.25) is 0 Å². The van der Waals surface area contributed by atoms with Gasteiger partial charge in [0.05, 0.1) is 12.8 Å². The van der Waals surface area contributed by atoms with Gasteiger partial charge in [-0.25, -0.2) is 4.98 Å². The topological polar surface area (TPSA) is 55.3 Å². The summed E-state index contributed by atoms with van der Waals surface area (Å²) in [7, 11) is 1.97. The molecule has 4 nitrogen and oxygen atoms in total. The molecule has 2 aromatic heterocycles. The van der Waals surface area contributed by atoms with Gasteiger partial charge in [0.1, 0.15) is 11.6 Å². The van der Waals surface area contributed by atoms with Gasteiger partial charge in [-0.05, 0) is 34.1 Å². The summed E-state index contributed by atoms with van der Waals surface area (Å²) in [5.41, 5.74) is 6.73. The van der Waals surface area contributed by atoms with Crippen LogP contribution in [0.3, 0.4) is 0 Å². The SMILES string of the molecule is CN(Cc1ccco1)c1ncc(Br)cc1CN. The van der Waals surface area contributed by atoms with Crippen molar-refractivity contribution in [2.45, 2.75) is 13.1 Å². The summed E-state index contributed by atoms with van der Waals surface area (Å²) in [4.78, 5) is 6.41. The van der Waals surface area contributed by atoms with E-state index >= 15 is 0 Å². The minimum absolute atomic E-state index is 0.463. The van der Waals surface area contributed by atoms with E-state index in [0.29, 0.717) is 13.1 Å². The highest BCUT2D eigenvalue weighted by Crippen LogP contribution is 2.21. The minimum atomic E-state index is 0.463. The average molecular weight is 296 g/mol. The molecule has 5 heteroatoms. The van der Waals surface area contributed by atoms with Crippen molar-refractivity contribution in [3.8, 4) is 0 Å². The lowest BCUT2D eigenvalue weighted by Gasteiger charge is -2.19. The Kier molecular flexibility index (Phi) is 3.81. The lowest BCUT2D eigenvalue weighted by Crippen LogP contribution is -2.20.